The van der Waals surface area contributed by atoms with E-state index in [4.69, 9.17) is 15.2 Å². The normalized spacial score (nSPS) is 17.3. The Kier molecular flexibility index (Phi) is 5.64. The molecule has 6 nitrogen and oxygen atoms in total. The maximum atomic E-state index is 13.8. The number of carbonyl (C=O) groups is 1. The number of hydrogen-bond donors (Lipinski definition) is 1. The Bertz CT molecular complexity index is 869. The van der Waals surface area contributed by atoms with Crippen LogP contribution in [-0.2, 0) is 14.3 Å². The van der Waals surface area contributed by atoms with Crippen molar-refractivity contribution < 1.29 is 36.6 Å². The Morgan fingerprint density at radius 3 is 2.63 bits per heavy atom. The molecule has 1 unspecified atom stereocenters. The number of nitrogens with two attached hydrogens (primary N) is 1. The molecule has 1 heterocycles. The molecule has 1 aromatic rings. The summed E-state index contributed by atoms with van der Waals surface area (Å²) in [4.78, 5) is 12.4. The summed E-state index contributed by atoms with van der Waals surface area (Å²) < 4.78 is 66.0. The number of allylic oxidation sites excluding steroid dienone is 2. The number of carbonyl (C=O) groups excluding carboxylic acids is 1. The molecule has 0 aromatic heterocycles. The zero-order valence-electron chi connectivity index (χ0n) is 14.2. The fraction of sp³-hybridized carbons (Fsp3) is 0.294. The Morgan fingerprint density at radius 2 is 2.07 bits per heavy atom. The van der Waals surface area contributed by atoms with E-state index in [1.54, 1.807) is 6.07 Å². The minimum Gasteiger partial charge on any atom is -0.463 e. The highest BCUT2D eigenvalue weighted by atomic mass is 19.4. The minimum atomic E-state index is -5.08. The number of rotatable bonds is 4. The Balaban J connectivity index is 2.73. The van der Waals surface area contributed by atoms with Gasteiger partial charge in [-0.2, -0.15) is 5.26 Å². The second-order valence-electron chi connectivity index (χ2n) is 5.35. The first-order valence-electron chi connectivity index (χ1n) is 7.59. The van der Waals surface area contributed by atoms with E-state index < -0.39 is 41.3 Å². The first-order valence-corrected chi connectivity index (χ1v) is 7.59. The number of benzene rings is 1. The molecule has 0 fully saturated rings. The van der Waals surface area contributed by atoms with Crippen LogP contribution in [0.15, 0.2) is 41.0 Å². The lowest BCUT2D eigenvalue weighted by Crippen LogP contribution is -2.27. The molecule has 2 rings (SSSR count). The Labute approximate surface area is 151 Å². The number of hydrogen-bond acceptors (Lipinski definition) is 6. The van der Waals surface area contributed by atoms with Gasteiger partial charge < -0.3 is 19.9 Å². The third-order valence-electron chi connectivity index (χ3n) is 3.61. The van der Waals surface area contributed by atoms with Gasteiger partial charge in [-0.05, 0) is 32.0 Å². The Morgan fingerprint density at radius 1 is 1.41 bits per heavy atom. The summed E-state index contributed by atoms with van der Waals surface area (Å²) in [7, 11) is 0. The number of nitriles is 1. The zero-order chi connectivity index (χ0) is 20.4. The summed E-state index contributed by atoms with van der Waals surface area (Å²) in [5.41, 5.74) is 4.58. The second-order valence-corrected chi connectivity index (χ2v) is 5.35. The molecule has 0 saturated carbocycles. The SMILES string of the molecule is CCOC(=O)C1=C(C)OC(N)=C(C#N)C1c1cc(F)ccc1OC(F)(F)F. The smallest absolute Gasteiger partial charge is 0.463 e. The molecular weight excluding hydrogens is 372 g/mol. The number of esters is 1. The van der Waals surface area contributed by atoms with Crippen LogP contribution in [0.2, 0.25) is 0 Å². The third kappa shape index (κ3) is 4.31. The molecule has 0 radical (unpaired) electrons. The van der Waals surface area contributed by atoms with E-state index in [1.807, 2.05) is 0 Å². The number of halogens is 4. The van der Waals surface area contributed by atoms with Crippen LogP contribution in [0.1, 0.15) is 25.3 Å². The minimum absolute atomic E-state index is 0.0432. The number of nitrogens with zero attached hydrogens (tertiary/aromatic N) is 1. The van der Waals surface area contributed by atoms with Crippen molar-refractivity contribution in [2.24, 2.45) is 5.73 Å². The summed E-state index contributed by atoms with van der Waals surface area (Å²) in [5, 5.41) is 9.40. The maximum absolute atomic E-state index is 13.8. The first-order chi connectivity index (χ1) is 12.6. The monoisotopic (exact) mass is 386 g/mol. The van der Waals surface area contributed by atoms with Crippen LogP contribution in [-0.4, -0.2) is 18.9 Å². The molecule has 10 heteroatoms. The van der Waals surface area contributed by atoms with Gasteiger partial charge in [0.05, 0.1) is 18.1 Å². The molecule has 1 aromatic carbocycles. The fourth-order valence-electron chi connectivity index (χ4n) is 2.63. The van der Waals surface area contributed by atoms with Crippen LogP contribution in [0.5, 0.6) is 5.75 Å². The van der Waals surface area contributed by atoms with Crippen LogP contribution >= 0.6 is 0 Å². The molecular formula is C17H14F4N2O4. The van der Waals surface area contributed by atoms with Gasteiger partial charge in [-0.3, -0.25) is 0 Å². The van der Waals surface area contributed by atoms with E-state index in [0.717, 1.165) is 18.2 Å². The molecule has 1 atom stereocenters. The van der Waals surface area contributed by atoms with Gasteiger partial charge in [0.2, 0.25) is 5.88 Å². The van der Waals surface area contributed by atoms with E-state index in [2.05, 4.69) is 4.74 Å². The number of alkyl halides is 3. The quantitative estimate of drug-likeness (QED) is 0.630. The molecule has 0 saturated heterocycles. The van der Waals surface area contributed by atoms with Gasteiger partial charge in [0.1, 0.15) is 29.0 Å². The molecule has 0 spiro atoms. The van der Waals surface area contributed by atoms with E-state index in [0.29, 0.717) is 0 Å². The average molecular weight is 386 g/mol. The van der Waals surface area contributed by atoms with Crippen LogP contribution in [0.4, 0.5) is 17.6 Å². The summed E-state index contributed by atoms with van der Waals surface area (Å²) in [6.45, 7) is 2.80. The average Bonchev–Trinajstić information content (AvgIpc) is 2.54. The topological polar surface area (TPSA) is 94.6 Å². The van der Waals surface area contributed by atoms with Crippen molar-refractivity contribution in [1.82, 2.24) is 0 Å². The van der Waals surface area contributed by atoms with Gasteiger partial charge >= 0.3 is 12.3 Å². The maximum Gasteiger partial charge on any atom is 0.573 e. The highest BCUT2D eigenvalue weighted by Crippen LogP contribution is 2.44. The lowest BCUT2D eigenvalue weighted by Gasteiger charge is -2.28. The molecule has 1 aliphatic rings. The van der Waals surface area contributed by atoms with Crippen LogP contribution in [0, 0.1) is 17.1 Å². The van der Waals surface area contributed by atoms with Gasteiger partial charge in [0.15, 0.2) is 0 Å². The van der Waals surface area contributed by atoms with Crippen molar-refractivity contribution in [3.8, 4) is 11.8 Å². The molecule has 0 bridgehead atoms. The van der Waals surface area contributed by atoms with E-state index in [-0.39, 0.29) is 23.5 Å². The van der Waals surface area contributed by atoms with Crippen molar-refractivity contribution in [1.29, 1.82) is 5.26 Å². The van der Waals surface area contributed by atoms with E-state index in [1.165, 1.54) is 13.8 Å². The predicted molar refractivity (Wildman–Crippen MR) is 83.1 cm³/mol. The van der Waals surface area contributed by atoms with Crippen LogP contribution in [0.3, 0.4) is 0 Å². The molecule has 27 heavy (non-hydrogen) atoms. The summed E-state index contributed by atoms with van der Waals surface area (Å²) >= 11 is 0. The standard InChI is InChI=1S/C17H14F4N2O4/c1-3-25-16(24)13-8(2)26-15(23)11(7-22)14(13)10-6-9(18)4-5-12(10)27-17(19,20)21/h4-6,14H,3,23H2,1-2H3. The third-order valence-corrected chi connectivity index (χ3v) is 3.61. The largest absolute Gasteiger partial charge is 0.573 e. The van der Waals surface area contributed by atoms with Crippen molar-refractivity contribution in [3.63, 3.8) is 0 Å². The lowest BCUT2D eigenvalue weighted by molar-refractivity contribution is -0.274. The predicted octanol–water partition coefficient (Wildman–Crippen LogP) is 3.37. The number of ether oxygens (including phenoxy) is 3. The Hall–Kier alpha value is -3.22. The van der Waals surface area contributed by atoms with Crippen molar-refractivity contribution >= 4 is 5.97 Å². The fourth-order valence-corrected chi connectivity index (χ4v) is 2.63. The van der Waals surface area contributed by atoms with E-state index in [9.17, 15) is 27.6 Å². The van der Waals surface area contributed by atoms with E-state index >= 15 is 0 Å². The van der Waals surface area contributed by atoms with Crippen LogP contribution in [0.25, 0.3) is 0 Å². The summed E-state index contributed by atoms with van der Waals surface area (Å²) in [6.07, 6.45) is -5.08. The van der Waals surface area contributed by atoms with Gasteiger partial charge in [0, 0.05) is 5.56 Å². The molecule has 2 N–H and O–H groups in total. The second kappa shape index (κ2) is 7.57. The lowest BCUT2D eigenvalue weighted by atomic mass is 9.82. The summed E-state index contributed by atoms with van der Waals surface area (Å²) in [6, 6.07) is 3.92. The van der Waals surface area contributed by atoms with Crippen LogP contribution < -0.4 is 10.5 Å². The highest BCUT2D eigenvalue weighted by molar-refractivity contribution is 5.92. The molecule has 0 aliphatic carbocycles. The summed E-state index contributed by atoms with van der Waals surface area (Å²) in [5.74, 6) is -4.60. The van der Waals surface area contributed by atoms with Crippen molar-refractivity contribution in [2.45, 2.75) is 26.1 Å². The molecule has 144 valence electrons. The van der Waals surface area contributed by atoms with Gasteiger partial charge in [0.25, 0.3) is 0 Å². The van der Waals surface area contributed by atoms with Gasteiger partial charge in [-0.15, -0.1) is 13.2 Å². The molecule has 0 amide bonds. The van der Waals surface area contributed by atoms with Crippen molar-refractivity contribution in [3.05, 3.63) is 52.4 Å². The van der Waals surface area contributed by atoms with Gasteiger partial charge in [-0.25, -0.2) is 9.18 Å². The zero-order valence-corrected chi connectivity index (χ0v) is 14.2. The van der Waals surface area contributed by atoms with Crippen molar-refractivity contribution in [2.75, 3.05) is 6.61 Å². The molecule has 1 aliphatic heterocycles. The highest BCUT2D eigenvalue weighted by Gasteiger charge is 2.40. The first kappa shape index (κ1) is 20.1. The van der Waals surface area contributed by atoms with Gasteiger partial charge in [-0.1, -0.05) is 0 Å².